The number of carbonyl (C=O) groups is 3. The van der Waals surface area contributed by atoms with Crippen LogP contribution in [0, 0.1) is 0 Å². The Morgan fingerprint density at radius 2 is 1.61 bits per heavy atom. The smallest absolute Gasteiger partial charge is 0.336 e. The molecule has 0 bridgehead atoms. The van der Waals surface area contributed by atoms with Crippen molar-refractivity contribution in [3.05, 3.63) is 115 Å². The molecule has 5 heterocycles. The molecule has 1 unspecified atom stereocenters. The van der Waals surface area contributed by atoms with Crippen molar-refractivity contribution in [2.24, 2.45) is 4.99 Å². The number of aliphatic hydroxyl groups is 1. The fraction of sp³-hybridized carbons (Fsp3) is 0.349. The summed E-state index contributed by atoms with van der Waals surface area (Å²) in [5, 5.41) is 15.6. The lowest BCUT2D eigenvalue weighted by atomic mass is 9.80. The highest BCUT2D eigenvalue weighted by atomic mass is 16.6. The van der Waals surface area contributed by atoms with Crippen LogP contribution in [0.3, 0.4) is 0 Å². The number of nitrogens with one attached hydrogen (secondary N) is 1. The Labute approximate surface area is 328 Å². The van der Waals surface area contributed by atoms with E-state index in [0.717, 1.165) is 16.5 Å². The van der Waals surface area contributed by atoms with E-state index in [1.54, 1.807) is 49.8 Å². The highest BCUT2D eigenvalue weighted by molar-refractivity contribution is 6.03. The maximum atomic E-state index is 14.0. The molecule has 0 radical (unpaired) electrons. The predicted octanol–water partition coefficient (Wildman–Crippen LogP) is 4.83. The number of dihydropyridines is 1. The number of rotatable bonds is 12. The van der Waals surface area contributed by atoms with Crippen molar-refractivity contribution in [2.45, 2.75) is 58.3 Å². The quantitative estimate of drug-likeness (QED) is 0.0765. The van der Waals surface area contributed by atoms with Crippen LogP contribution in [0.2, 0.25) is 0 Å². The summed E-state index contributed by atoms with van der Waals surface area (Å²) >= 11 is 0. The predicted molar refractivity (Wildman–Crippen MR) is 210 cm³/mol. The van der Waals surface area contributed by atoms with E-state index in [1.165, 1.54) is 14.2 Å². The van der Waals surface area contributed by atoms with Crippen molar-refractivity contribution in [1.29, 1.82) is 0 Å². The zero-order chi connectivity index (χ0) is 40.4. The summed E-state index contributed by atoms with van der Waals surface area (Å²) in [7, 11) is 3.03. The van der Waals surface area contributed by atoms with E-state index in [4.69, 9.17) is 33.7 Å². The van der Waals surface area contributed by atoms with Gasteiger partial charge < -0.3 is 38.7 Å². The summed E-state index contributed by atoms with van der Waals surface area (Å²) in [6.45, 7) is 5.76. The number of nitrogens with zero attached hydrogens (tertiary/aromatic N) is 3. The molecular formula is C43H44N4O10. The number of methoxy groups -OCH3 is 2. The van der Waals surface area contributed by atoms with Gasteiger partial charge in [0.05, 0.1) is 71.4 Å². The third kappa shape index (κ3) is 7.39. The van der Waals surface area contributed by atoms with Crippen molar-refractivity contribution in [3.8, 4) is 11.4 Å². The van der Waals surface area contributed by atoms with E-state index in [-0.39, 0.29) is 74.7 Å². The summed E-state index contributed by atoms with van der Waals surface area (Å²) in [4.78, 5) is 63.3. The first-order valence-corrected chi connectivity index (χ1v) is 18.7. The van der Waals surface area contributed by atoms with Gasteiger partial charge in [-0.05, 0) is 55.7 Å². The van der Waals surface area contributed by atoms with Crippen molar-refractivity contribution in [2.75, 3.05) is 40.6 Å². The summed E-state index contributed by atoms with van der Waals surface area (Å²) in [6.07, 6.45) is 1.71. The van der Waals surface area contributed by atoms with Crippen molar-refractivity contribution >= 4 is 40.7 Å². The zero-order valence-electron chi connectivity index (χ0n) is 32.5. The van der Waals surface area contributed by atoms with E-state index in [1.807, 2.05) is 36.4 Å². The van der Waals surface area contributed by atoms with Gasteiger partial charge in [-0.2, -0.15) is 0 Å². The van der Waals surface area contributed by atoms with Gasteiger partial charge in [-0.1, -0.05) is 37.3 Å². The number of esters is 3. The second-order valence-electron chi connectivity index (χ2n) is 14.1. The first-order chi connectivity index (χ1) is 27.5. The molecule has 0 spiro atoms. The maximum absolute atomic E-state index is 14.0. The zero-order valence-corrected chi connectivity index (χ0v) is 32.5. The summed E-state index contributed by atoms with van der Waals surface area (Å²) in [5.41, 5.74) is 4.99. The number of hydrogen-bond donors (Lipinski definition) is 2. The number of para-hydroxylation sites is 1. The largest absolute Gasteiger partial charge is 0.460 e. The molecule has 0 saturated heterocycles. The number of ether oxygens (including phenoxy) is 5. The molecule has 14 heteroatoms. The van der Waals surface area contributed by atoms with Gasteiger partial charge in [0.1, 0.15) is 25.4 Å². The van der Waals surface area contributed by atoms with Gasteiger partial charge in [-0.3, -0.25) is 14.6 Å². The molecule has 0 aliphatic carbocycles. The first kappa shape index (κ1) is 39.3. The Balaban J connectivity index is 1.26. The summed E-state index contributed by atoms with van der Waals surface area (Å²) < 4.78 is 28.2. The molecule has 2 aromatic heterocycles. The lowest BCUT2D eigenvalue weighted by Gasteiger charge is -2.30. The van der Waals surface area contributed by atoms with Crippen LogP contribution in [0.25, 0.3) is 22.3 Å². The number of hydrogen-bond acceptors (Lipinski definition) is 13. The molecule has 14 nitrogen and oxygen atoms in total. The van der Waals surface area contributed by atoms with E-state index >= 15 is 0 Å². The van der Waals surface area contributed by atoms with Gasteiger partial charge in [0.15, 0.2) is 0 Å². The van der Waals surface area contributed by atoms with Crippen LogP contribution >= 0.6 is 0 Å². The van der Waals surface area contributed by atoms with E-state index in [2.05, 4.69) is 5.32 Å². The Hall–Kier alpha value is -5.96. The number of pyridine rings is 2. The summed E-state index contributed by atoms with van der Waals surface area (Å²) in [6, 6.07) is 16.6. The Kier molecular flexibility index (Phi) is 11.2. The molecular weight excluding hydrogens is 732 g/mol. The van der Waals surface area contributed by atoms with Gasteiger partial charge in [0.25, 0.3) is 5.56 Å². The third-order valence-electron chi connectivity index (χ3n) is 10.7. The van der Waals surface area contributed by atoms with Crippen LogP contribution in [-0.2, 0) is 56.8 Å². The molecule has 3 aliphatic rings. The molecule has 2 aromatic carbocycles. The minimum atomic E-state index is -1.55. The van der Waals surface area contributed by atoms with Crippen LogP contribution in [0.5, 0.6) is 0 Å². The number of allylic oxidation sites excluding steroid dienone is 2. The number of aromatic nitrogens is 2. The van der Waals surface area contributed by atoms with Crippen LogP contribution in [0.4, 0.5) is 5.69 Å². The molecule has 7 rings (SSSR count). The lowest BCUT2D eigenvalue weighted by Crippen LogP contribution is -2.33. The van der Waals surface area contributed by atoms with Gasteiger partial charge in [0, 0.05) is 48.3 Å². The van der Waals surface area contributed by atoms with Gasteiger partial charge in [-0.25, -0.2) is 14.6 Å². The van der Waals surface area contributed by atoms with Crippen LogP contribution in [-0.4, -0.2) is 79.4 Å². The minimum Gasteiger partial charge on any atom is -0.460 e. The average Bonchev–Trinajstić information content (AvgIpc) is 3.51. The molecule has 0 fully saturated rings. The van der Waals surface area contributed by atoms with E-state index < -0.39 is 29.4 Å². The molecule has 2 N–H and O–H groups in total. The maximum Gasteiger partial charge on any atom is 0.336 e. The molecule has 3 aliphatic heterocycles. The average molecular weight is 777 g/mol. The highest BCUT2D eigenvalue weighted by Crippen LogP contribution is 2.42. The van der Waals surface area contributed by atoms with Crippen molar-refractivity contribution in [3.63, 3.8) is 0 Å². The highest BCUT2D eigenvalue weighted by Gasteiger charge is 2.40. The Morgan fingerprint density at radius 1 is 0.965 bits per heavy atom. The number of benzene rings is 2. The normalized spacial score (nSPS) is 17.9. The van der Waals surface area contributed by atoms with Gasteiger partial charge >= 0.3 is 17.9 Å². The molecule has 296 valence electrons. The van der Waals surface area contributed by atoms with Crippen LogP contribution < -0.4 is 10.9 Å². The second-order valence-corrected chi connectivity index (χ2v) is 14.1. The monoisotopic (exact) mass is 776 g/mol. The van der Waals surface area contributed by atoms with Crippen molar-refractivity contribution < 1.29 is 43.2 Å². The SMILES string of the molecule is CCC1(O)CC(=O)OCc2c1cc1n(c2=O)Cc2c-1nc1ccccc1c2C=Nc1ccc(C2C(C(=O)OCCOC)=C(C)NC(C)=C2C(=O)OCCOC)cc1. The fourth-order valence-electron chi connectivity index (χ4n) is 7.76. The standard InChI is InChI=1S/C43H44N4O10/c1-6-43(52)20-35(48)57-23-31-32(43)19-34-39-30(22-47(34)40(31)49)29(28-9-7-8-10-33(28)46-39)21-44-27-13-11-26(12-14-27)38-36(41(50)55-17-15-53-4)24(2)45-25(3)37(38)42(51)56-18-16-54-5/h7-14,19,21,38,45,52H,6,15-18,20,22-23H2,1-5H3. The van der Waals surface area contributed by atoms with Crippen LogP contribution in [0.1, 0.15) is 67.3 Å². The molecule has 0 saturated carbocycles. The molecule has 1 atom stereocenters. The molecule has 57 heavy (non-hydrogen) atoms. The number of fused-ring (bicyclic) bond motifs is 5. The second kappa shape index (κ2) is 16.3. The van der Waals surface area contributed by atoms with Gasteiger partial charge in [0.2, 0.25) is 0 Å². The van der Waals surface area contributed by atoms with Gasteiger partial charge in [-0.15, -0.1) is 0 Å². The lowest BCUT2D eigenvalue weighted by molar-refractivity contribution is -0.149. The molecule has 4 aromatic rings. The number of carbonyl (C=O) groups excluding carboxylic acids is 3. The van der Waals surface area contributed by atoms with E-state index in [0.29, 0.717) is 45.1 Å². The minimum absolute atomic E-state index is 0.0363. The van der Waals surface area contributed by atoms with Crippen LogP contribution in [0.15, 0.2) is 86.9 Å². The topological polar surface area (TPSA) is 177 Å². The third-order valence-corrected chi connectivity index (χ3v) is 10.7. The Bertz CT molecular complexity index is 2390. The number of cyclic esters (lactones) is 1. The van der Waals surface area contributed by atoms with E-state index in [9.17, 15) is 24.3 Å². The fourth-order valence-corrected chi connectivity index (χ4v) is 7.76. The summed E-state index contributed by atoms with van der Waals surface area (Å²) in [5.74, 6) is -2.54. The molecule has 0 amide bonds. The van der Waals surface area contributed by atoms with Crippen molar-refractivity contribution in [1.82, 2.24) is 14.9 Å². The number of aliphatic imine (C=N–C) groups is 1. The Morgan fingerprint density at radius 3 is 2.25 bits per heavy atom. The first-order valence-electron chi connectivity index (χ1n) is 18.7.